The van der Waals surface area contributed by atoms with Crippen LogP contribution in [0.25, 0.3) is 0 Å². The van der Waals surface area contributed by atoms with Crippen LogP contribution in [0.3, 0.4) is 0 Å². The van der Waals surface area contributed by atoms with E-state index >= 15 is 0 Å². The minimum Gasteiger partial charge on any atom is -0.357 e. The van der Waals surface area contributed by atoms with Gasteiger partial charge in [0.2, 0.25) is 0 Å². The molecule has 0 aliphatic carbocycles. The van der Waals surface area contributed by atoms with Gasteiger partial charge in [0.25, 0.3) is 0 Å². The average molecular weight is 314 g/mol. The maximum atomic E-state index is 12.9. The zero-order chi connectivity index (χ0) is 16.3. The highest BCUT2D eigenvalue weighted by atomic mass is 19.1. The zero-order valence-electron chi connectivity index (χ0n) is 13.4. The van der Waals surface area contributed by atoms with E-state index in [9.17, 15) is 4.39 Å². The number of hydrogen-bond donors (Lipinski definition) is 2. The molecule has 1 aromatic heterocycles. The molecular formula is C18H23FN4. The van der Waals surface area contributed by atoms with Gasteiger partial charge in [0, 0.05) is 32.0 Å². The van der Waals surface area contributed by atoms with Gasteiger partial charge in [-0.15, -0.1) is 0 Å². The van der Waals surface area contributed by atoms with Gasteiger partial charge in [0.1, 0.15) is 5.82 Å². The van der Waals surface area contributed by atoms with Crippen LogP contribution in [0.5, 0.6) is 0 Å². The summed E-state index contributed by atoms with van der Waals surface area (Å²) in [6.07, 6.45) is 5.34. The highest BCUT2D eigenvalue weighted by molar-refractivity contribution is 5.79. The number of hydrogen-bond acceptors (Lipinski definition) is 2. The Bertz CT molecular complexity index is 596. The molecule has 1 aromatic carbocycles. The summed E-state index contributed by atoms with van der Waals surface area (Å²) in [4.78, 5) is 8.66. The van der Waals surface area contributed by atoms with E-state index < -0.39 is 0 Å². The quantitative estimate of drug-likeness (QED) is 0.610. The molecule has 0 saturated carbocycles. The first-order chi connectivity index (χ1) is 11.3. The number of aliphatic imine (C=N–C) groups is 1. The maximum absolute atomic E-state index is 12.9. The van der Waals surface area contributed by atoms with Gasteiger partial charge in [-0.25, -0.2) is 4.39 Å². The molecule has 0 atom stereocenters. The molecule has 0 spiro atoms. The van der Waals surface area contributed by atoms with Crippen LogP contribution in [0.4, 0.5) is 4.39 Å². The Hall–Kier alpha value is -2.43. The number of nitrogens with one attached hydrogen (secondary N) is 2. The lowest BCUT2D eigenvalue weighted by molar-refractivity contribution is 0.627. The molecule has 2 aromatic rings. The number of pyridine rings is 1. The molecule has 0 bridgehead atoms. The number of rotatable bonds is 7. The van der Waals surface area contributed by atoms with E-state index in [-0.39, 0.29) is 5.82 Å². The fourth-order valence-corrected chi connectivity index (χ4v) is 2.16. The summed E-state index contributed by atoms with van der Waals surface area (Å²) in [5.41, 5.74) is 2.28. The number of halogens is 1. The van der Waals surface area contributed by atoms with Crippen LogP contribution in [-0.4, -0.2) is 30.6 Å². The van der Waals surface area contributed by atoms with E-state index in [1.54, 1.807) is 18.3 Å². The van der Waals surface area contributed by atoms with E-state index in [2.05, 4.69) is 26.7 Å². The monoisotopic (exact) mass is 314 g/mol. The Kier molecular flexibility index (Phi) is 7.04. The molecule has 5 heteroatoms. The lowest BCUT2D eigenvalue weighted by atomic mass is 10.1. The van der Waals surface area contributed by atoms with Gasteiger partial charge in [-0.3, -0.25) is 9.98 Å². The van der Waals surface area contributed by atoms with Gasteiger partial charge in [-0.1, -0.05) is 18.2 Å². The van der Waals surface area contributed by atoms with Gasteiger partial charge in [-0.2, -0.15) is 0 Å². The number of nitrogens with zero attached hydrogens (tertiary/aromatic N) is 2. The Morgan fingerprint density at radius 1 is 1.09 bits per heavy atom. The van der Waals surface area contributed by atoms with Crippen LogP contribution in [0.1, 0.15) is 18.1 Å². The maximum Gasteiger partial charge on any atom is 0.191 e. The Labute approximate surface area is 136 Å². The third kappa shape index (κ3) is 6.46. The number of aromatic nitrogens is 1. The molecule has 122 valence electrons. The topological polar surface area (TPSA) is 49.3 Å². The van der Waals surface area contributed by atoms with Crippen molar-refractivity contribution in [1.82, 2.24) is 15.6 Å². The van der Waals surface area contributed by atoms with Crippen molar-refractivity contribution in [3.05, 3.63) is 65.7 Å². The van der Waals surface area contributed by atoms with Crippen molar-refractivity contribution in [3.8, 4) is 0 Å². The predicted octanol–water partition coefficient (Wildman–Crippen LogP) is 2.56. The minimum atomic E-state index is -0.206. The highest BCUT2D eigenvalue weighted by Gasteiger charge is 1.98. The first-order valence-corrected chi connectivity index (χ1v) is 7.93. The molecule has 0 amide bonds. The normalized spacial score (nSPS) is 11.3. The second-order valence-corrected chi connectivity index (χ2v) is 5.18. The van der Waals surface area contributed by atoms with Crippen LogP contribution in [0.15, 0.2) is 53.8 Å². The number of benzene rings is 1. The first-order valence-electron chi connectivity index (χ1n) is 7.93. The fourth-order valence-electron chi connectivity index (χ4n) is 2.16. The molecular weight excluding hydrogens is 291 g/mol. The minimum absolute atomic E-state index is 0.206. The van der Waals surface area contributed by atoms with Gasteiger partial charge in [0.15, 0.2) is 5.96 Å². The molecule has 0 fully saturated rings. The van der Waals surface area contributed by atoms with Crippen molar-refractivity contribution in [2.45, 2.75) is 19.8 Å². The SMILES string of the molecule is CCNC(=NCCc1ccc(F)cc1)NCCc1cccnc1. The van der Waals surface area contributed by atoms with Crippen molar-refractivity contribution < 1.29 is 4.39 Å². The summed E-state index contributed by atoms with van der Waals surface area (Å²) < 4.78 is 12.9. The van der Waals surface area contributed by atoms with E-state index in [4.69, 9.17) is 0 Å². The van der Waals surface area contributed by atoms with Crippen molar-refractivity contribution in [2.75, 3.05) is 19.6 Å². The van der Waals surface area contributed by atoms with Crippen molar-refractivity contribution in [2.24, 2.45) is 4.99 Å². The van der Waals surface area contributed by atoms with Crippen molar-refractivity contribution in [3.63, 3.8) is 0 Å². The summed E-state index contributed by atoms with van der Waals surface area (Å²) >= 11 is 0. The Balaban J connectivity index is 1.78. The summed E-state index contributed by atoms with van der Waals surface area (Å²) in [5.74, 6) is 0.598. The highest BCUT2D eigenvalue weighted by Crippen LogP contribution is 2.03. The van der Waals surface area contributed by atoms with E-state index in [0.29, 0.717) is 6.54 Å². The molecule has 0 aliphatic heterocycles. The fraction of sp³-hybridized carbons (Fsp3) is 0.333. The van der Waals surface area contributed by atoms with E-state index in [1.807, 2.05) is 19.2 Å². The first kappa shape index (κ1) is 16.9. The van der Waals surface area contributed by atoms with Gasteiger partial charge in [0.05, 0.1) is 0 Å². The van der Waals surface area contributed by atoms with Gasteiger partial charge < -0.3 is 10.6 Å². The molecule has 2 rings (SSSR count). The standard InChI is InChI=1S/C18H23FN4/c1-2-21-18(23-13-10-16-4-3-11-20-14-16)22-12-9-15-5-7-17(19)8-6-15/h3-8,11,14H,2,9-10,12-13H2,1H3,(H2,21,22,23). The molecule has 23 heavy (non-hydrogen) atoms. The van der Waals surface area contributed by atoms with Gasteiger partial charge in [-0.05, 0) is 49.1 Å². The third-order valence-electron chi connectivity index (χ3n) is 3.36. The zero-order valence-corrected chi connectivity index (χ0v) is 13.4. The van der Waals surface area contributed by atoms with Crippen LogP contribution < -0.4 is 10.6 Å². The van der Waals surface area contributed by atoms with Crippen LogP contribution in [-0.2, 0) is 12.8 Å². The molecule has 0 radical (unpaired) electrons. The molecule has 0 unspecified atom stereocenters. The summed E-state index contributed by atoms with van der Waals surface area (Å²) in [5, 5.41) is 6.54. The number of guanidine groups is 1. The second kappa shape index (κ2) is 9.56. The van der Waals surface area contributed by atoms with E-state index in [1.165, 1.54) is 17.7 Å². The van der Waals surface area contributed by atoms with E-state index in [0.717, 1.165) is 37.5 Å². The summed E-state index contributed by atoms with van der Waals surface area (Å²) in [6.45, 7) is 4.31. The van der Waals surface area contributed by atoms with Crippen LogP contribution in [0, 0.1) is 5.82 Å². The molecule has 0 aliphatic rings. The summed E-state index contributed by atoms with van der Waals surface area (Å²) in [6, 6.07) is 10.6. The Morgan fingerprint density at radius 3 is 2.61 bits per heavy atom. The van der Waals surface area contributed by atoms with Crippen molar-refractivity contribution >= 4 is 5.96 Å². The largest absolute Gasteiger partial charge is 0.357 e. The average Bonchev–Trinajstić information content (AvgIpc) is 2.58. The predicted molar refractivity (Wildman–Crippen MR) is 92.0 cm³/mol. The molecule has 2 N–H and O–H groups in total. The molecule has 0 saturated heterocycles. The van der Waals surface area contributed by atoms with Gasteiger partial charge >= 0.3 is 0 Å². The molecule has 4 nitrogen and oxygen atoms in total. The third-order valence-corrected chi connectivity index (χ3v) is 3.36. The van der Waals surface area contributed by atoms with Crippen LogP contribution in [0.2, 0.25) is 0 Å². The van der Waals surface area contributed by atoms with Crippen molar-refractivity contribution in [1.29, 1.82) is 0 Å². The smallest absolute Gasteiger partial charge is 0.191 e. The van der Waals surface area contributed by atoms with Crippen LogP contribution >= 0.6 is 0 Å². The Morgan fingerprint density at radius 2 is 1.91 bits per heavy atom. The summed E-state index contributed by atoms with van der Waals surface area (Å²) in [7, 11) is 0. The molecule has 1 heterocycles. The lowest BCUT2D eigenvalue weighted by Crippen LogP contribution is -2.38. The lowest BCUT2D eigenvalue weighted by Gasteiger charge is -2.11. The second-order valence-electron chi connectivity index (χ2n) is 5.18.